The van der Waals surface area contributed by atoms with Crippen molar-refractivity contribution in [2.45, 2.75) is 20.8 Å². The summed E-state index contributed by atoms with van der Waals surface area (Å²) >= 11 is 0. The quantitative estimate of drug-likeness (QED) is 0.587. The Balaban J connectivity index is 1.62. The zero-order chi connectivity index (χ0) is 19.7. The Morgan fingerprint density at radius 2 is 2.00 bits per heavy atom. The molecule has 8 heteroatoms. The maximum Gasteiger partial charge on any atom is 0.275 e. The number of imidazole rings is 1. The third kappa shape index (κ3) is 3.39. The average molecular weight is 374 g/mol. The van der Waals surface area contributed by atoms with Gasteiger partial charge in [0.15, 0.2) is 11.6 Å². The van der Waals surface area contributed by atoms with E-state index in [1.807, 2.05) is 38.1 Å². The number of hydrogen-bond acceptors (Lipinski definition) is 6. The monoisotopic (exact) mass is 374 g/mol. The number of anilines is 1. The van der Waals surface area contributed by atoms with Crippen molar-refractivity contribution in [1.82, 2.24) is 24.7 Å². The zero-order valence-electron chi connectivity index (χ0n) is 15.7. The number of benzene rings is 1. The topological polar surface area (TPSA) is 98.7 Å². The summed E-state index contributed by atoms with van der Waals surface area (Å²) in [7, 11) is 0. The Labute approximate surface area is 161 Å². The third-order valence-corrected chi connectivity index (χ3v) is 4.23. The van der Waals surface area contributed by atoms with Crippen LogP contribution >= 0.6 is 0 Å². The molecule has 28 heavy (non-hydrogen) atoms. The molecule has 0 unspecified atom stereocenters. The largest absolute Gasteiger partial charge is 0.334 e. The van der Waals surface area contributed by atoms with Crippen molar-refractivity contribution in [3.8, 4) is 17.3 Å². The Bertz CT molecular complexity index is 1160. The molecule has 0 fully saturated rings. The molecule has 1 aromatic carbocycles. The molecule has 140 valence electrons. The number of aromatic nitrogens is 5. The molecule has 4 rings (SSSR count). The first-order valence-corrected chi connectivity index (χ1v) is 8.70. The van der Waals surface area contributed by atoms with Crippen LogP contribution in [0.15, 0.2) is 53.6 Å². The molecule has 0 aliphatic rings. The highest BCUT2D eigenvalue weighted by Gasteiger charge is 2.17. The van der Waals surface area contributed by atoms with Gasteiger partial charge in [0, 0.05) is 18.1 Å². The molecule has 3 heterocycles. The first-order valence-electron chi connectivity index (χ1n) is 8.70. The van der Waals surface area contributed by atoms with Crippen molar-refractivity contribution in [3.63, 3.8) is 0 Å². The summed E-state index contributed by atoms with van der Waals surface area (Å²) in [5, 5.41) is 6.71. The minimum Gasteiger partial charge on any atom is -0.334 e. The smallest absolute Gasteiger partial charge is 0.275 e. The van der Waals surface area contributed by atoms with Crippen LogP contribution in [0.3, 0.4) is 0 Å². The predicted molar refractivity (Wildman–Crippen MR) is 103 cm³/mol. The van der Waals surface area contributed by atoms with Crippen LogP contribution in [0.4, 0.5) is 5.69 Å². The first-order chi connectivity index (χ1) is 13.5. The van der Waals surface area contributed by atoms with Gasteiger partial charge in [0.05, 0.1) is 5.56 Å². The Morgan fingerprint density at radius 3 is 2.75 bits per heavy atom. The van der Waals surface area contributed by atoms with Crippen molar-refractivity contribution >= 4 is 11.6 Å². The van der Waals surface area contributed by atoms with Gasteiger partial charge >= 0.3 is 0 Å². The van der Waals surface area contributed by atoms with Gasteiger partial charge in [-0.15, -0.1) is 0 Å². The Hall–Kier alpha value is -3.81. The second-order valence-corrected chi connectivity index (χ2v) is 6.46. The molecule has 4 aromatic rings. The molecule has 0 saturated carbocycles. The van der Waals surface area contributed by atoms with Gasteiger partial charge in [-0.25, -0.2) is 9.97 Å². The zero-order valence-corrected chi connectivity index (χ0v) is 15.7. The molecule has 0 bridgehead atoms. The standard InChI is InChI=1S/C20H18N6O2/c1-12-6-7-16(13(2)9-12)24-19(27)17-10-26(11-22-17)18-15(5-4-8-21-18)20-23-14(3)25-28-20/h4-11H,1-3H3,(H,24,27). The van der Waals surface area contributed by atoms with Crippen LogP contribution in [0, 0.1) is 20.8 Å². The third-order valence-electron chi connectivity index (χ3n) is 4.23. The van der Waals surface area contributed by atoms with E-state index >= 15 is 0 Å². The van der Waals surface area contributed by atoms with Crippen molar-refractivity contribution in [2.24, 2.45) is 0 Å². The fraction of sp³-hybridized carbons (Fsp3) is 0.150. The molecule has 1 amide bonds. The Kier molecular flexibility index (Phi) is 4.44. The number of hydrogen-bond donors (Lipinski definition) is 1. The highest BCUT2D eigenvalue weighted by atomic mass is 16.5. The van der Waals surface area contributed by atoms with Gasteiger partial charge in [-0.3, -0.25) is 9.36 Å². The highest BCUT2D eigenvalue weighted by Crippen LogP contribution is 2.24. The second-order valence-electron chi connectivity index (χ2n) is 6.46. The van der Waals surface area contributed by atoms with Crippen LogP contribution in [0.2, 0.25) is 0 Å². The molecule has 1 N–H and O–H groups in total. The van der Waals surface area contributed by atoms with E-state index < -0.39 is 0 Å². The number of nitrogens with zero attached hydrogens (tertiary/aromatic N) is 5. The normalized spacial score (nSPS) is 10.8. The summed E-state index contributed by atoms with van der Waals surface area (Å²) in [5.74, 6) is 1.14. The van der Waals surface area contributed by atoms with Gasteiger partial charge in [-0.2, -0.15) is 4.98 Å². The number of carbonyl (C=O) groups excluding carboxylic acids is 1. The van der Waals surface area contributed by atoms with Crippen molar-refractivity contribution < 1.29 is 9.32 Å². The van der Waals surface area contributed by atoms with Crippen LogP contribution < -0.4 is 5.32 Å². The minimum atomic E-state index is -0.295. The number of rotatable bonds is 4. The average Bonchev–Trinajstić information content (AvgIpc) is 3.33. The summed E-state index contributed by atoms with van der Waals surface area (Å²) in [6.45, 7) is 5.71. The Morgan fingerprint density at radius 1 is 1.14 bits per heavy atom. The molecule has 3 aromatic heterocycles. The second kappa shape index (κ2) is 7.07. The summed E-state index contributed by atoms with van der Waals surface area (Å²) in [6.07, 6.45) is 4.80. The molecule has 0 saturated heterocycles. The van der Waals surface area contributed by atoms with Gasteiger partial charge < -0.3 is 9.84 Å². The van der Waals surface area contributed by atoms with Gasteiger partial charge in [-0.05, 0) is 44.5 Å². The van der Waals surface area contributed by atoms with Gasteiger partial charge in [0.2, 0.25) is 0 Å². The van der Waals surface area contributed by atoms with E-state index in [2.05, 4.69) is 25.4 Å². The maximum absolute atomic E-state index is 12.6. The lowest BCUT2D eigenvalue weighted by molar-refractivity contribution is 0.102. The van der Waals surface area contributed by atoms with E-state index in [0.717, 1.165) is 16.8 Å². The number of pyridine rings is 1. The summed E-state index contributed by atoms with van der Waals surface area (Å²) < 4.78 is 6.91. The molecular weight excluding hydrogens is 356 g/mol. The first kappa shape index (κ1) is 17.6. The molecule has 8 nitrogen and oxygen atoms in total. The lowest BCUT2D eigenvalue weighted by atomic mass is 10.1. The SMILES string of the molecule is Cc1ccc(NC(=O)c2cn(-c3ncccc3-c3nc(C)no3)cn2)c(C)c1. The fourth-order valence-electron chi connectivity index (χ4n) is 2.87. The van der Waals surface area contributed by atoms with Crippen LogP contribution in [0.1, 0.15) is 27.4 Å². The summed E-state index contributed by atoms with van der Waals surface area (Å²) in [6, 6.07) is 9.45. The number of carbonyl (C=O) groups is 1. The van der Waals surface area contributed by atoms with Crippen LogP contribution in [-0.4, -0.2) is 30.6 Å². The van der Waals surface area contributed by atoms with E-state index in [0.29, 0.717) is 23.1 Å². The predicted octanol–water partition coefficient (Wildman–Crippen LogP) is 3.49. The highest BCUT2D eigenvalue weighted by molar-refractivity contribution is 6.03. The van der Waals surface area contributed by atoms with Crippen molar-refractivity contribution in [2.75, 3.05) is 5.32 Å². The lowest BCUT2D eigenvalue weighted by Gasteiger charge is -2.08. The van der Waals surface area contributed by atoms with Crippen molar-refractivity contribution in [1.29, 1.82) is 0 Å². The van der Waals surface area contributed by atoms with E-state index in [9.17, 15) is 4.79 Å². The molecular formula is C20H18N6O2. The molecule has 0 spiro atoms. The maximum atomic E-state index is 12.6. The molecule has 0 atom stereocenters. The van der Waals surface area contributed by atoms with E-state index in [4.69, 9.17) is 4.52 Å². The summed E-state index contributed by atoms with van der Waals surface area (Å²) in [4.78, 5) is 25.5. The molecule has 0 aliphatic carbocycles. The molecule has 0 radical (unpaired) electrons. The van der Waals surface area contributed by atoms with Crippen molar-refractivity contribution in [3.05, 3.63) is 71.7 Å². The van der Waals surface area contributed by atoms with Crippen LogP contribution in [0.5, 0.6) is 0 Å². The van der Waals surface area contributed by atoms with Gasteiger partial charge in [-0.1, -0.05) is 22.9 Å². The number of amides is 1. The van der Waals surface area contributed by atoms with Crippen LogP contribution in [0.25, 0.3) is 17.3 Å². The molecule has 0 aliphatic heterocycles. The van der Waals surface area contributed by atoms with E-state index in [-0.39, 0.29) is 11.6 Å². The number of nitrogens with one attached hydrogen (secondary N) is 1. The van der Waals surface area contributed by atoms with Gasteiger partial charge in [0.25, 0.3) is 11.8 Å². The van der Waals surface area contributed by atoms with E-state index in [1.54, 1.807) is 30.0 Å². The fourth-order valence-corrected chi connectivity index (χ4v) is 2.87. The van der Waals surface area contributed by atoms with Crippen LogP contribution in [-0.2, 0) is 0 Å². The van der Waals surface area contributed by atoms with E-state index in [1.165, 1.54) is 6.33 Å². The van der Waals surface area contributed by atoms with Gasteiger partial charge in [0.1, 0.15) is 12.0 Å². The number of aryl methyl sites for hydroxylation is 3. The lowest BCUT2D eigenvalue weighted by Crippen LogP contribution is -2.13. The minimum absolute atomic E-state index is 0.276. The summed E-state index contributed by atoms with van der Waals surface area (Å²) in [5.41, 5.74) is 3.82.